The number of ether oxygens (including phenoxy) is 1. The highest BCUT2D eigenvalue weighted by atomic mass is 16.5. The lowest BCUT2D eigenvalue weighted by atomic mass is 10.2. The van der Waals surface area contributed by atoms with Gasteiger partial charge in [0.25, 0.3) is 0 Å². The second-order valence-corrected chi connectivity index (χ2v) is 4.85. The van der Waals surface area contributed by atoms with Crippen LogP contribution in [0.25, 0.3) is 10.9 Å². The molecule has 1 heterocycles. The van der Waals surface area contributed by atoms with Crippen molar-refractivity contribution in [1.82, 2.24) is 4.98 Å². The lowest BCUT2D eigenvalue weighted by Crippen LogP contribution is -1.94. The number of nitrogens with zero attached hydrogens (tertiary/aromatic N) is 2. The number of hydrazone groups is 1. The van der Waals surface area contributed by atoms with Crippen molar-refractivity contribution < 1.29 is 14.9 Å². The number of rotatable bonds is 4. The van der Waals surface area contributed by atoms with Gasteiger partial charge < -0.3 is 14.9 Å². The van der Waals surface area contributed by atoms with Crippen LogP contribution >= 0.6 is 0 Å². The maximum Gasteiger partial charge on any atom is 0.200 e. The third kappa shape index (κ3) is 3.16. The van der Waals surface area contributed by atoms with E-state index in [1.165, 1.54) is 19.4 Å². The second kappa shape index (κ2) is 6.23. The molecule has 0 bridgehead atoms. The fraction of sp³-hybridized carbons (Fsp3) is 0.0588. The molecule has 0 spiro atoms. The number of aromatic hydroxyl groups is 2. The fourth-order valence-electron chi connectivity index (χ4n) is 2.15. The van der Waals surface area contributed by atoms with Gasteiger partial charge in [0.15, 0.2) is 11.5 Å². The van der Waals surface area contributed by atoms with Gasteiger partial charge in [0.05, 0.1) is 18.8 Å². The number of anilines is 1. The standard InChI is InChI=1S/C17H15N3O3/c1-23-15-9-11(8-14(21)17(15)22)10-18-20-16-7-6-12-4-2-3-5-13(12)19-16/h2-10,21-22H,1H3,(H,19,20)/b18-10+. The second-order valence-electron chi connectivity index (χ2n) is 4.85. The van der Waals surface area contributed by atoms with Gasteiger partial charge in [0, 0.05) is 10.9 Å². The molecule has 116 valence electrons. The van der Waals surface area contributed by atoms with E-state index in [0.717, 1.165) is 10.9 Å². The molecule has 3 rings (SSSR count). The number of phenolic OH excluding ortho intramolecular Hbond substituents is 2. The third-order valence-electron chi connectivity index (χ3n) is 3.29. The Morgan fingerprint density at radius 1 is 1.13 bits per heavy atom. The van der Waals surface area contributed by atoms with Gasteiger partial charge in [-0.05, 0) is 30.3 Å². The summed E-state index contributed by atoms with van der Waals surface area (Å²) in [6.07, 6.45) is 1.50. The molecule has 0 radical (unpaired) electrons. The van der Waals surface area contributed by atoms with Crippen molar-refractivity contribution in [2.45, 2.75) is 0 Å². The number of methoxy groups -OCH3 is 1. The Hall–Kier alpha value is -3.28. The van der Waals surface area contributed by atoms with Crippen molar-refractivity contribution in [3.05, 3.63) is 54.1 Å². The van der Waals surface area contributed by atoms with Crippen LogP contribution in [0.4, 0.5) is 5.82 Å². The monoisotopic (exact) mass is 309 g/mol. The molecule has 0 aliphatic heterocycles. The number of fused-ring (bicyclic) bond motifs is 1. The van der Waals surface area contributed by atoms with Gasteiger partial charge >= 0.3 is 0 Å². The highest BCUT2D eigenvalue weighted by Crippen LogP contribution is 2.35. The molecule has 3 N–H and O–H groups in total. The average Bonchev–Trinajstić information content (AvgIpc) is 2.57. The number of hydrogen-bond acceptors (Lipinski definition) is 6. The van der Waals surface area contributed by atoms with Gasteiger partial charge in [-0.2, -0.15) is 5.10 Å². The van der Waals surface area contributed by atoms with Gasteiger partial charge in [-0.25, -0.2) is 4.98 Å². The van der Waals surface area contributed by atoms with E-state index in [1.54, 1.807) is 6.07 Å². The third-order valence-corrected chi connectivity index (χ3v) is 3.29. The van der Waals surface area contributed by atoms with Crippen molar-refractivity contribution in [3.63, 3.8) is 0 Å². The average molecular weight is 309 g/mol. The Kier molecular flexibility index (Phi) is 3.97. The molecular formula is C17H15N3O3. The normalized spacial score (nSPS) is 11.0. The summed E-state index contributed by atoms with van der Waals surface area (Å²) >= 11 is 0. The lowest BCUT2D eigenvalue weighted by Gasteiger charge is -2.06. The van der Waals surface area contributed by atoms with Crippen molar-refractivity contribution in [2.75, 3.05) is 12.5 Å². The molecular weight excluding hydrogens is 294 g/mol. The smallest absolute Gasteiger partial charge is 0.200 e. The Morgan fingerprint density at radius 2 is 1.96 bits per heavy atom. The summed E-state index contributed by atoms with van der Waals surface area (Å²) in [5, 5.41) is 24.3. The summed E-state index contributed by atoms with van der Waals surface area (Å²) < 4.78 is 4.97. The summed E-state index contributed by atoms with van der Waals surface area (Å²) in [6.45, 7) is 0. The first-order chi connectivity index (χ1) is 11.2. The predicted molar refractivity (Wildman–Crippen MR) is 89.3 cm³/mol. The minimum absolute atomic E-state index is 0.176. The zero-order chi connectivity index (χ0) is 16.2. The Balaban J connectivity index is 1.79. The van der Waals surface area contributed by atoms with Crippen LogP contribution in [0.5, 0.6) is 17.2 Å². The van der Waals surface area contributed by atoms with Gasteiger partial charge in [0.2, 0.25) is 5.75 Å². The summed E-state index contributed by atoms with van der Waals surface area (Å²) in [7, 11) is 1.41. The number of nitrogens with one attached hydrogen (secondary N) is 1. The summed E-state index contributed by atoms with van der Waals surface area (Å²) in [5.74, 6) is 0.216. The molecule has 0 saturated heterocycles. The molecule has 6 heteroatoms. The largest absolute Gasteiger partial charge is 0.504 e. The van der Waals surface area contributed by atoms with Crippen LogP contribution in [0, 0.1) is 0 Å². The first-order valence-corrected chi connectivity index (χ1v) is 6.92. The van der Waals surface area contributed by atoms with E-state index in [2.05, 4.69) is 15.5 Å². The molecule has 2 aromatic carbocycles. The zero-order valence-electron chi connectivity index (χ0n) is 12.4. The molecule has 0 fully saturated rings. The fourth-order valence-corrected chi connectivity index (χ4v) is 2.15. The highest BCUT2D eigenvalue weighted by molar-refractivity contribution is 5.83. The Labute approximate surface area is 132 Å². The van der Waals surface area contributed by atoms with E-state index < -0.39 is 0 Å². The van der Waals surface area contributed by atoms with E-state index in [9.17, 15) is 10.2 Å². The number of pyridine rings is 1. The molecule has 0 unspecified atom stereocenters. The van der Waals surface area contributed by atoms with Crippen LogP contribution in [0.1, 0.15) is 5.56 Å². The maximum atomic E-state index is 9.62. The Bertz CT molecular complexity index is 878. The van der Waals surface area contributed by atoms with Crippen LogP contribution in [-0.4, -0.2) is 28.5 Å². The minimum atomic E-state index is -0.297. The van der Waals surface area contributed by atoms with E-state index >= 15 is 0 Å². The van der Waals surface area contributed by atoms with E-state index in [1.807, 2.05) is 36.4 Å². The quantitative estimate of drug-likeness (QED) is 0.391. The van der Waals surface area contributed by atoms with E-state index in [-0.39, 0.29) is 17.2 Å². The maximum absolute atomic E-state index is 9.62. The van der Waals surface area contributed by atoms with Crippen molar-refractivity contribution >= 4 is 22.9 Å². The number of para-hydroxylation sites is 1. The molecule has 0 amide bonds. The van der Waals surface area contributed by atoms with Gasteiger partial charge in [-0.1, -0.05) is 18.2 Å². The molecule has 3 aromatic rings. The molecule has 0 aliphatic carbocycles. The lowest BCUT2D eigenvalue weighted by molar-refractivity contribution is 0.351. The van der Waals surface area contributed by atoms with E-state index in [0.29, 0.717) is 11.4 Å². The molecule has 23 heavy (non-hydrogen) atoms. The van der Waals surface area contributed by atoms with Crippen molar-refractivity contribution in [3.8, 4) is 17.2 Å². The molecule has 0 aliphatic rings. The molecule has 1 aromatic heterocycles. The summed E-state index contributed by atoms with van der Waals surface area (Å²) in [5.41, 5.74) is 4.28. The van der Waals surface area contributed by atoms with E-state index in [4.69, 9.17) is 4.74 Å². The van der Waals surface area contributed by atoms with Crippen LogP contribution in [0.3, 0.4) is 0 Å². The topological polar surface area (TPSA) is 87.0 Å². The van der Waals surface area contributed by atoms with Gasteiger partial charge in [-0.3, -0.25) is 5.43 Å². The number of hydrogen-bond donors (Lipinski definition) is 3. The van der Waals surface area contributed by atoms with Crippen LogP contribution in [0.2, 0.25) is 0 Å². The number of benzene rings is 2. The van der Waals surface area contributed by atoms with Crippen molar-refractivity contribution in [2.24, 2.45) is 5.10 Å². The first-order valence-electron chi connectivity index (χ1n) is 6.92. The van der Waals surface area contributed by atoms with Gasteiger partial charge in [-0.15, -0.1) is 0 Å². The first kappa shape index (κ1) is 14.6. The van der Waals surface area contributed by atoms with Crippen LogP contribution < -0.4 is 10.2 Å². The van der Waals surface area contributed by atoms with Crippen LogP contribution in [-0.2, 0) is 0 Å². The van der Waals surface area contributed by atoms with Crippen LogP contribution in [0.15, 0.2) is 53.6 Å². The minimum Gasteiger partial charge on any atom is -0.504 e. The highest BCUT2D eigenvalue weighted by Gasteiger charge is 2.08. The molecule has 6 nitrogen and oxygen atoms in total. The predicted octanol–water partition coefficient (Wildman–Crippen LogP) is 3.10. The zero-order valence-corrected chi connectivity index (χ0v) is 12.4. The SMILES string of the molecule is COc1cc(/C=N/Nc2ccc3ccccc3n2)cc(O)c1O. The molecule has 0 saturated carbocycles. The Morgan fingerprint density at radius 3 is 2.78 bits per heavy atom. The summed E-state index contributed by atoms with van der Waals surface area (Å²) in [6, 6.07) is 14.5. The summed E-state index contributed by atoms with van der Waals surface area (Å²) in [4.78, 5) is 4.43. The van der Waals surface area contributed by atoms with Gasteiger partial charge in [0.1, 0.15) is 5.82 Å². The molecule has 0 atom stereocenters. The number of phenols is 2. The number of aromatic nitrogens is 1. The van der Waals surface area contributed by atoms with Crippen molar-refractivity contribution in [1.29, 1.82) is 0 Å².